The number of oxime groups is 1. The minimum Gasteiger partial charge on any atom is -0.387 e. The summed E-state index contributed by atoms with van der Waals surface area (Å²) < 4.78 is 0. The Morgan fingerprint density at radius 1 is 1.20 bits per heavy atom. The first kappa shape index (κ1) is 17.5. The van der Waals surface area contributed by atoms with Crippen molar-refractivity contribution in [3.05, 3.63) is 35.9 Å². The molecule has 2 atom stereocenters. The SMILES string of the molecule is NC(=O)C[C@@H](NC(=O)C1=NO[C@H](c2ccccc2)C1)C1CCCCC1. The van der Waals surface area contributed by atoms with Crippen molar-refractivity contribution in [1.82, 2.24) is 5.32 Å². The summed E-state index contributed by atoms with van der Waals surface area (Å²) in [5.74, 6) is -0.337. The van der Waals surface area contributed by atoms with E-state index in [-0.39, 0.29) is 30.4 Å². The first-order valence-corrected chi connectivity index (χ1v) is 9.00. The van der Waals surface area contributed by atoms with Gasteiger partial charge in [-0.25, -0.2) is 0 Å². The standard InChI is InChI=1S/C19H25N3O3/c20-18(23)12-15(13-7-3-1-4-8-13)21-19(24)16-11-17(25-22-16)14-9-5-2-6-10-14/h2,5-6,9-10,13,15,17H,1,3-4,7-8,11-12H2,(H2,20,23)(H,21,24)/t15-,17+/m1/s1. The van der Waals surface area contributed by atoms with E-state index in [9.17, 15) is 9.59 Å². The molecule has 1 fully saturated rings. The molecule has 6 nitrogen and oxygen atoms in total. The highest BCUT2D eigenvalue weighted by molar-refractivity contribution is 6.39. The lowest BCUT2D eigenvalue weighted by molar-refractivity contribution is -0.120. The molecule has 3 N–H and O–H groups in total. The van der Waals surface area contributed by atoms with Gasteiger partial charge in [0.15, 0.2) is 6.10 Å². The van der Waals surface area contributed by atoms with E-state index in [1.165, 1.54) is 6.42 Å². The molecule has 1 aliphatic heterocycles. The molecule has 134 valence electrons. The molecule has 2 amide bonds. The van der Waals surface area contributed by atoms with Crippen LogP contribution >= 0.6 is 0 Å². The number of nitrogens with two attached hydrogens (primary N) is 1. The molecule has 1 aliphatic carbocycles. The number of hydrogen-bond donors (Lipinski definition) is 2. The number of amides is 2. The highest BCUT2D eigenvalue weighted by Crippen LogP contribution is 2.29. The lowest BCUT2D eigenvalue weighted by Gasteiger charge is -2.30. The maximum atomic E-state index is 12.6. The van der Waals surface area contributed by atoms with Crippen LogP contribution in [0.15, 0.2) is 35.5 Å². The third-order valence-electron chi connectivity index (χ3n) is 5.06. The van der Waals surface area contributed by atoms with Crippen LogP contribution in [0.5, 0.6) is 0 Å². The van der Waals surface area contributed by atoms with Crippen LogP contribution in [0.2, 0.25) is 0 Å². The first-order chi connectivity index (χ1) is 12.1. The number of nitrogens with zero attached hydrogens (tertiary/aromatic N) is 1. The molecule has 0 spiro atoms. The molecule has 1 heterocycles. The molecule has 1 aromatic carbocycles. The van der Waals surface area contributed by atoms with Gasteiger partial charge in [-0.3, -0.25) is 9.59 Å². The van der Waals surface area contributed by atoms with E-state index < -0.39 is 0 Å². The van der Waals surface area contributed by atoms with Gasteiger partial charge in [0.25, 0.3) is 5.91 Å². The third kappa shape index (κ3) is 4.59. The third-order valence-corrected chi connectivity index (χ3v) is 5.06. The predicted molar refractivity (Wildman–Crippen MR) is 94.6 cm³/mol. The highest BCUT2D eigenvalue weighted by atomic mass is 16.6. The van der Waals surface area contributed by atoms with E-state index in [1.807, 2.05) is 30.3 Å². The van der Waals surface area contributed by atoms with Crippen molar-refractivity contribution in [2.75, 3.05) is 0 Å². The Bertz CT molecular complexity index is 639. The summed E-state index contributed by atoms with van der Waals surface area (Å²) in [5.41, 5.74) is 6.75. The van der Waals surface area contributed by atoms with Crippen molar-refractivity contribution < 1.29 is 14.4 Å². The van der Waals surface area contributed by atoms with Gasteiger partial charge >= 0.3 is 0 Å². The van der Waals surface area contributed by atoms with Gasteiger partial charge in [0.1, 0.15) is 5.71 Å². The molecule has 0 bridgehead atoms. The lowest BCUT2D eigenvalue weighted by atomic mass is 9.82. The largest absolute Gasteiger partial charge is 0.387 e. The predicted octanol–water partition coefficient (Wildman–Crippen LogP) is 2.44. The average molecular weight is 343 g/mol. The topological polar surface area (TPSA) is 93.8 Å². The van der Waals surface area contributed by atoms with Crippen molar-refractivity contribution >= 4 is 17.5 Å². The minimum atomic E-state index is -0.386. The van der Waals surface area contributed by atoms with E-state index >= 15 is 0 Å². The number of hydrogen-bond acceptors (Lipinski definition) is 4. The Morgan fingerprint density at radius 2 is 1.92 bits per heavy atom. The van der Waals surface area contributed by atoms with Gasteiger partial charge in [0.05, 0.1) is 0 Å². The van der Waals surface area contributed by atoms with Gasteiger partial charge in [-0.1, -0.05) is 54.8 Å². The Balaban J connectivity index is 1.60. The second-order valence-electron chi connectivity index (χ2n) is 6.90. The summed E-state index contributed by atoms with van der Waals surface area (Å²) in [4.78, 5) is 29.4. The van der Waals surface area contributed by atoms with Gasteiger partial charge in [0.2, 0.25) is 5.91 Å². The fraction of sp³-hybridized carbons (Fsp3) is 0.526. The smallest absolute Gasteiger partial charge is 0.269 e. The molecular weight excluding hydrogens is 318 g/mol. The van der Waals surface area contributed by atoms with Gasteiger partial charge in [-0.15, -0.1) is 0 Å². The van der Waals surface area contributed by atoms with Gasteiger partial charge in [-0.05, 0) is 24.3 Å². The normalized spacial score (nSPS) is 21.9. The van der Waals surface area contributed by atoms with Gasteiger partial charge < -0.3 is 15.9 Å². The van der Waals surface area contributed by atoms with E-state index in [0.29, 0.717) is 18.1 Å². The van der Waals surface area contributed by atoms with Crippen molar-refractivity contribution in [3.63, 3.8) is 0 Å². The van der Waals surface area contributed by atoms with Crippen LogP contribution in [0.3, 0.4) is 0 Å². The molecule has 0 unspecified atom stereocenters. The summed E-state index contributed by atoms with van der Waals surface area (Å²) in [5, 5.41) is 6.94. The zero-order valence-electron chi connectivity index (χ0n) is 14.3. The second kappa shape index (κ2) is 8.14. The number of rotatable bonds is 6. The molecular formula is C19H25N3O3. The molecule has 0 aromatic heterocycles. The molecule has 6 heteroatoms. The zero-order chi connectivity index (χ0) is 17.6. The van der Waals surface area contributed by atoms with Crippen LogP contribution in [-0.4, -0.2) is 23.6 Å². The van der Waals surface area contributed by atoms with Crippen LogP contribution in [0.1, 0.15) is 56.6 Å². The number of benzene rings is 1. The monoisotopic (exact) mass is 343 g/mol. The van der Waals surface area contributed by atoms with Crippen LogP contribution < -0.4 is 11.1 Å². The van der Waals surface area contributed by atoms with Crippen molar-refractivity contribution in [3.8, 4) is 0 Å². The van der Waals surface area contributed by atoms with Crippen LogP contribution in [0.4, 0.5) is 0 Å². The average Bonchev–Trinajstić information content (AvgIpc) is 3.12. The second-order valence-corrected chi connectivity index (χ2v) is 6.90. The summed E-state index contributed by atoms with van der Waals surface area (Å²) in [6, 6.07) is 9.50. The van der Waals surface area contributed by atoms with E-state index in [0.717, 1.165) is 31.2 Å². The Hall–Kier alpha value is -2.37. The lowest BCUT2D eigenvalue weighted by Crippen LogP contribution is -2.45. The summed E-state index contributed by atoms with van der Waals surface area (Å²) in [6.07, 6.45) is 5.91. The number of carbonyl (C=O) groups excluding carboxylic acids is 2. The fourth-order valence-electron chi connectivity index (χ4n) is 3.70. The maximum absolute atomic E-state index is 12.6. The van der Waals surface area contributed by atoms with Crippen LogP contribution in [-0.2, 0) is 14.4 Å². The Kier molecular flexibility index (Phi) is 5.68. The molecule has 1 aromatic rings. The van der Waals surface area contributed by atoms with Crippen LogP contribution in [0.25, 0.3) is 0 Å². The van der Waals surface area contributed by atoms with Crippen molar-refractivity contribution in [1.29, 1.82) is 0 Å². The summed E-state index contributed by atoms with van der Waals surface area (Å²) in [6.45, 7) is 0. The maximum Gasteiger partial charge on any atom is 0.269 e. The number of nitrogens with one attached hydrogen (secondary N) is 1. The van der Waals surface area contributed by atoms with Crippen LogP contribution in [0, 0.1) is 5.92 Å². The van der Waals surface area contributed by atoms with Crippen molar-refractivity contribution in [2.45, 2.75) is 57.1 Å². The Labute approximate surface area is 147 Å². The number of primary amides is 1. The van der Waals surface area contributed by atoms with Gasteiger partial charge in [0, 0.05) is 18.9 Å². The van der Waals surface area contributed by atoms with Crippen molar-refractivity contribution in [2.24, 2.45) is 16.8 Å². The molecule has 1 saturated carbocycles. The first-order valence-electron chi connectivity index (χ1n) is 9.00. The summed E-state index contributed by atoms with van der Waals surface area (Å²) >= 11 is 0. The molecule has 3 rings (SSSR count). The fourth-order valence-corrected chi connectivity index (χ4v) is 3.70. The Morgan fingerprint density at radius 3 is 2.60 bits per heavy atom. The molecule has 0 saturated heterocycles. The van der Waals surface area contributed by atoms with Gasteiger partial charge in [-0.2, -0.15) is 0 Å². The van der Waals surface area contributed by atoms with E-state index in [4.69, 9.17) is 10.6 Å². The zero-order valence-corrected chi connectivity index (χ0v) is 14.3. The quantitative estimate of drug-likeness (QED) is 0.830. The highest BCUT2D eigenvalue weighted by Gasteiger charge is 2.31. The number of carbonyl (C=O) groups is 2. The van der Waals surface area contributed by atoms with E-state index in [2.05, 4.69) is 10.5 Å². The summed E-state index contributed by atoms with van der Waals surface area (Å²) in [7, 11) is 0. The molecule has 0 radical (unpaired) electrons. The molecule has 2 aliphatic rings. The molecule has 25 heavy (non-hydrogen) atoms. The van der Waals surface area contributed by atoms with E-state index in [1.54, 1.807) is 0 Å². The minimum absolute atomic E-state index is 0.173.